The maximum atomic E-state index is 12.3. The lowest BCUT2D eigenvalue weighted by molar-refractivity contribution is 0.100. The number of carbonyl (C=O) groups is 2. The molecule has 0 bridgehead atoms. The fourth-order valence-corrected chi connectivity index (χ4v) is 4.28. The molecule has 12 heteroatoms. The number of rotatable bonds is 10. The van der Waals surface area contributed by atoms with Crippen molar-refractivity contribution in [1.29, 1.82) is 0 Å². The predicted molar refractivity (Wildman–Crippen MR) is 130 cm³/mol. The van der Waals surface area contributed by atoms with E-state index in [-0.39, 0.29) is 47.4 Å². The van der Waals surface area contributed by atoms with Gasteiger partial charge >= 0.3 is 0 Å². The molecule has 0 aliphatic rings. The number of nitrogens with zero attached hydrogens (tertiary/aromatic N) is 3. The Hall–Kier alpha value is -3.51. The zero-order valence-corrected chi connectivity index (χ0v) is 21.0. The van der Waals surface area contributed by atoms with E-state index in [9.17, 15) is 24.9 Å². The molecule has 0 aliphatic heterocycles. The number of ether oxygens (including phenoxy) is 1. The number of Topliss-reactive ketones (excluding diaryl/α,β-unsaturated/α-hetero) is 1. The van der Waals surface area contributed by atoms with Crippen LogP contribution in [0, 0.1) is 6.92 Å². The fourth-order valence-electron chi connectivity index (χ4n) is 3.59. The van der Waals surface area contributed by atoms with Crippen LogP contribution in [-0.2, 0) is 12.8 Å². The van der Waals surface area contributed by atoms with E-state index in [4.69, 9.17) is 4.74 Å². The molecule has 1 aromatic heterocycles. The van der Waals surface area contributed by atoms with Crippen molar-refractivity contribution < 1.29 is 29.6 Å². The minimum absolute atomic E-state index is 0.00159. The van der Waals surface area contributed by atoms with Crippen molar-refractivity contribution in [2.75, 3.05) is 11.9 Å². The number of benzene rings is 2. The minimum atomic E-state index is -1.04. The topological polar surface area (TPSA) is 171 Å². The van der Waals surface area contributed by atoms with E-state index in [0.29, 0.717) is 33.3 Å². The molecule has 35 heavy (non-hydrogen) atoms. The van der Waals surface area contributed by atoms with Crippen molar-refractivity contribution in [3.05, 3.63) is 50.8 Å². The Labute approximate surface area is 209 Å². The summed E-state index contributed by atoms with van der Waals surface area (Å²) in [5, 5.41) is 47.3. The number of aliphatic hydroxyl groups is 1. The third-order valence-corrected chi connectivity index (χ3v) is 6.03. The van der Waals surface area contributed by atoms with Crippen LogP contribution < -0.4 is 10.1 Å². The van der Waals surface area contributed by atoms with E-state index in [1.165, 1.54) is 13.0 Å². The molecular weight excluding hydrogens is 522 g/mol. The number of phenolic OH excluding ortho intramolecular Hbond substituents is 2. The number of carbonyl (C=O) groups excluding carboxylic acids is 2. The van der Waals surface area contributed by atoms with Crippen LogP contribution in [0.25, 0.3) is 0 Å². The maximum absolute atomic E-state index is 12.3. The number of H-pyrrole nitrogens is 1. The van der Waals surface area contributed by atoms with Gasteiger partial charge in [0.05, 0.1) is 17.4 Å². The van der Waals surface area contributed by atoms with Crippen LogP contribution in [0.1, 0.15) is 57.9 Å². The number of halogens is 1. The van der Waals surface area contributed by atoms with E-state index in [2.05, 4.69) is 41.9 Å². The summed E-state index contributed by atoms with van der Waals surface area (Å²) in [6.45, 7) is 4.87. The number of aromatic amines is 1. The molecule has 0 fully saturated rings. The lowest BCUT2D eigenvalue weighted by Gasteiger charge is -2.19. The molecule has 3 rings (SSSR count). The molecule has 0 saturated carbocycles. The molecule has 0 radical (unpaired) electrons. The van der Waals surface area contributed by atoms with Gasteiger partial charge in [0.1, 0.15) is 23.9 Å². The number of aryl methyl sites for hydroxylation is 1. The third kappa shape index (κ3) is 5.95. The van der Waals surface area contributed by atoms with Crippen molar-refractivity contribution in [1.82, 2.24) is 20.6 Å². The molecule has 1 atom stereocenters. The first-order chi connectivity index (χ1) is 16.6. The van der Waals surface area contributed by atoms with Gasteiger partial charge in [0.15, 0.2) is 5.78 Å². The van der Waals surface area contributed by atoms with Crippen LogP contribution in [0.4, 0.5) is 5.69 Å². The fraction of sp³-hybridized carbons (Fsp3) is 0.348. The second kappa shape index (κ2) is 11.3. The van der Waals surface area contributed by atoms with Gasteiger partial charge in [-0.3, -0.25) is 9.59 Å². The second-order valence-corrected chi connectivity index (χ2v) is 8.83. The summed E-state index contributed by atoms with van der Waals surface area (Å²) in [7, 11) is 0. The quantitative estimate of drug-likeness (QED) is 0.189. The third-order valence-electron chi connectivity index (χ3n) is 5.33. The number of tetrazole rings is 1. The van der Waals surface area contributed by atoms with E-state index in [0.717, 1.165) is 6.42 Å². The Bertz CT molecular complexity index is 1230. The van der Waals surface area contributed by atoms with Crippen molar-refractivity contribution in [2.45, 2.75) is 46.1 Å². The lowest BCUT2D eigenvalue weighted by Crippen LogP contribution is -2.21. The summed E-state index contributed by atoms with van der Waals surface area (Å²) < 4.78 is 6.31. The van der Waals surface area contributed by atoms with Crippen LogP contribution in [-0.4, -0.2) is 60.3 Å². The summed E-state index contributed by atoms with van der Waals surface area (Å²) in [6.07, 6.45) is 0.172. The van der Waals surface area contributed by atoms with Crippen LogP contribution in [0.15, 0.2) is 22.7 Å². The van der Waals surface area contributed by atoms with Crippen LogP contribution in [0.2, 0.25) is 0 Å². The van der Waals surface area contributed by atoms with Crippen molar-refractivity contribution >= 4 is 33.3 Å². The van der Waals surface area contributed by atoms with Crippen LogP contribution >= 0.6 is 15.9 Å². The summed E-state index contributed by atoms with van der Waals surface area (Å²) in [5.41, 5.74) is 1.80. The number of hydrogen-bond acceptors (Lipinski definition) is 9. The number of anilines is 1. The molecule has 1 unspecified atom stereocenters. The smallest absolute Gasteiger partial charge is 0.297 e. The van der Waals surface area contributed by atoms with E-state index < -0.39 is 12.0 Å². The average molecular weight is 548 g/mol. The van der Waals surface area contributed by atoms with Gasteiger partial charge in [-0.2, -0.15) is 5.21 Å². The first-order valence-electron chi connectivity index (χ1n) is 10.9. The zero-order valence-electron chi connectivity index (χ0n) is 19.4. The van der Waals surface area contributed by atoms with Crippen molar-refractivity contribution in [3.8, 4) is 17.2 Å². The highest BCUT2D eigenvalue weighted by Crippen LogP contribution is 2.38. The first kappa shape index (κ1) is 26.1. The monoisotopic (exact) mass is 547 g/mol. The Morgan fingerprint density at radius 1 is 1.23 bits per heavy atom. The summed E-state index contributed by atoms with van der Waals surface area (Å²) in [6, 6.07) is 4.78. The second-order valence-electron chi connectivity index (χ2n) is 7.98. The lowest BCUT2D eigenvalue weighted by atomic mass is 10.0. The summed E-state index contributed by atoms with van der Waals surface area (Å²) in [5.74, 6) is -1.08. The Morgan fingerprint density at radius 3 is 2.60 bits per heavy atom. The molecule has 186 valence electrons. The van der Waals surface area contributed by atoms with Crippen molar-refractivity contribution in [2.24, 2.45) is 0 Å². The number of phenols is 2. The normalized spacial score (nSPS) is 11.8. The Morgan fingerprint density at radius 2 is 1.97 bits per heavy atom. The van der Waals surface area contributed by atoms with Gasteiger partial charge in [-0.25, -0.2) is 0 Å². The van der Waals surface area contributed by atoms with Gasteiger partial charge in [-0.1, -0.05) is 29.3 Å². The van der Waals surface area contributed by atoms with E-state index >= 15 is 0 Å². The number of nitrogens with one attached hydrogen (secondary N) is 2. The summed E-state index contributed by atoms with van der Waals surface area (Å²) in [4.78, 5) is 24.1. The van der Waals surface area contributed by atoms with Gasteiger partial charge in [-0.15, -0.1) is 10.2 Å². The Kier molecular flexibility index (Phi) is 8.41. The van der Waals surface area contributed by atoms with Gasteiger partial charge in [0.25, 0.3) is 11.7 Å². The first-order valence-corrected chi connectivity index (χ1v) is 11.7. The molecule has 1 heterocycles. The average Bonchev–Trinajstić information content (AvgIpc) is 3.34. The van der Waals surface area contributed by atoms with Crippen LogP contribution in [0.3, 0.4) is 0 Å². The molecule has 2 aromatic carbocycles. The number of aromatic hydroxyl groups is 2. The van der Waals surface area contributed by atoms with E-state index in [1.54, 1.807) is 19.1 Å². The molecule has 11 nitrogen and oxygen atoms in total. The molecule has 0 saturated heterocycles. The molecule has 1 amide bonds. The Balaban J connectivity index is 1.77. The number of ketones is 1. The van der Waals surface area contributed by atoms with Gasteiger partial charge < -0.3 is 25.4 Å². The zero-order chi connectivity index (χ0) is 25.7. The molecule has 3 aromatic rings. The van der Waals surface area contributed by atoms with Crippen molar-refractivity contribution in [3.63, 3.8) is 0 Å². The largest absolute Gasteiger partial charge is 0.507 e. The highest BCUT2D eigenvalue weighted by molar-refractivity contribution is 9.10. The number of amides is 1. The predicted octanol–water partition coefficient (Wildman–Crippen LogP) is 3.07. The van der Waals surface area contributed by atoms with Crippen LogP contribution in [0.5, 0.6) is 17.2 Å². The highest BCUT2D eigenvalue weighted by Gasteiger charge is 2.22. The molecular formula is C23H26BrN5O6. The van der Waals surface area contributed by atoms with E-state index in [1.807, 2.05) is 6.92 Å². The standard InChI is InChI=1S/C23H26BrN5O6/c1-4-5-15-18(7-6-14(12(3)30)20(15)32)35-10-13(31)9-16-17(24)8-11(2)19(21(16)33)25-23(34)22-26-28-29-27-22/h6-8,13,31-33H,4-5,9-10H2,1-3H3,(H,25,34)(H,26,27,28,29). The number of aliphatic hydroxyl groups excluding tert-OH is 1. The molecule has 0 aliphatic carbocycles. The van der Waals surface area contributed by atoms with Gasteiger partial charge in [-0.05, 0) is 49.2 Å². The molecule has 0 spiro atoms. The summed E-state index contributed by atoms with van der Waals surface area (Å²) >= 11 is 3.40. The maximum Gasteiger partial charge on any atom is 0.297 e. The minimum Gasteiger partial charge on any atom is -0.507 e. The molecule has 5 N–H and O–H groups in total. The highest BCUT2D eigenvalue weighted by atomic mass is 79.9. The number of hydrogen-bond donors (Lipinski definition) is 5. The van der Waals surface area contributed by atoms with Gasteiger partial charge in [0.2, 0.25) is 0 Å². The SMILES string of the molecule is CCCc1c(OCC(O)Cc2c(Br)cc(C)c(NC(=O)c3nn[nH]n3)c2O)ccc(C(C)=O)c1O. The van der Waals surface area contributed by atoms with Gasteiger partial charge in [0, 0.05) is 22.0 Å². The number of aromatic nitrogens is 4.